The van der Waals surface area contributed by atoms with Gasteiger partial charge in [0, 0.05) is 36.7 Å². The molecule has 0 N–H and O–H groups in total. The minimum absolute atomic E-state index is 0.00253. The Balaban J connectivity index is 1.20. The number of ether oxygens (including phenoxy) is 2. The van der Waals surface area contributed by atoms with Crippen LogP contribution in [0.25, 0.3) is 11.3 Å². The summed E-state index contributed by atoms with van der Waals surface area (Å²) in [4.78, 5) is 26.6. The second-order valence-electron chi connectivity index (χ2n) is 8.49. The van der Waals surface area contributed by atoms with E-state index in [0.29, 0.717) is 18.0 Å². The number of anilines is 1. The Labute approximate surface area is 185 Å². The van der Waals surface area contributed by atoms with Gasteiger partial charge in [0.25, 0.3) is 0 Å². The van der Waals surface area contributed by atoms with Crippen molar-refractivity contribution < 1.29 is 23.6 Å². The first-order valence-corrected chi connectivity index (χ1v) is 10.8. The van der Waals surface area contributed by atoms with Crippen molar-refractivity contribution in [1.82, 2.24) is 5.16 Å². The maximum atomic E-state index is 12.6. The number of fused-ring (bicyclic) bond motifs is 1. The summed E-state index contributed by atoms with van der Waals surface area (Å²) in [5.74, 6) is 0.548. The predicted octanol–water partition coefficient (Wildman–Crippen LogP) is 4.07. The summed E-state index contributed by atoms with van der Waals surface area (Å²) in [6.07, 6.45) is 1.18. The number of rotatable bonds is 5. The zero-order chi connectivity index (χ0) is 22.2. The molecule has 0 bridgehead atoms. The molecular weight excluding hydrogens is 408 g/mol. The molecule has 0 saturated carbocycles. The van der Waals surface area contributed by atoms with Gasteiger partial charge in [-0.15, -0.1) is 0 Å². The molecule has 7 nitrogen and oxygen atoms in total. The first-order chi connectivity index (χ1) is 15.5. The molecule has 3 heterocycles. The fourth-order valence-corrected chi connectivity index (χ4v) is 4.26. The monoisotopic (exact) mass is 432 g/mol. The summed E-state index contributed by atoms with van der Waals surface area (Å²) < 4.78 is 16.6. The average Bonchev–Trinajstić information content (AvgIpc) is 3.48. The van der Waals surface area contributed by atoms with Crippen LogP contribution in [-0.4, -0.2) is 29.7 Å². The Kier molecular flexibility index (Phi) is 5.17. The highest BCUT2D eigenvalue weighted by molar-refractivity contribution is 5.99. The van der Waals surface area contributed by atoms with Gasteiger partial charge in [-0.3, -0.25) is 9.59 Å². The molecule has 5 rings (SSSR count). The molecule has 7 heteroatoms. The van der Waals surface area contributed by atoms with E-state index in [1.807, 2.05) is 56.3 Å². The number of nitrogens with zero attached hydrogens (tertiary/aromatic N) is 2. The molecule has 164 valence electrons. The highest BCUT2D eigenvalue weighted by atomic mass is 16.5. The molecule has 0 spiro atoms. The molecule has 2 aromatic carbocycles. The molecule has 2 aliphatic heterocycles. The van der Waals surface area contributed by atoms with Crippen LogP contribution in [0.5, 0.6) is 5.75 Å². The van der Waals surface area contributed by atoms with Gasteiger partial charge in [0.1, 0.15) is 24.2 Å². The lowest BCUT2D eigenvalue weighted by molar-refractivity contribution is -0.149. The van der Waals surface area contributed by atoms with E-state index < -0.39 is 11.9 Å². The molecule has 2 aliphatic rings. The van der Waals surface area contributed by atoms with E-state index >= 15 is 0 Å². The molecule has 0 aliphatic carbocycles. The number of carbonyl (C=O) groups excluding carboxylic acids is 2. The summed E-state index contributed by atoms with van der Waals surface area (Å²) in [5, 5.41) is 4.03. The van der Waals surface area contributed by atoms with E-state index in [1.54, 1.807) is 11.0 Å². The van der Waals surface area contributed by atoms with Crippen LogP contribution in [0.15, 0.2) is 53.1 Å². The van der Waals surface area contributed by atoms with E-state index in [4.69, 9.17) is 14.0 Å². The van der Waals surface area contributed by atoms with Crippen molar-refractivity contribution >= 4 is 17.6 Å². The fourth-order valence-electron chi connectivity index (χ4n) is 4.26. The largest absolute Gasteiger partial charge is 0.490 e. The number of aryl methyl sites for hydroxylation is 1. The van der Waals surface area contributed by atoms with Gasteiger partial charge >= 0.3 is 5.97 Å². The Morgan fingerprint density at radius 3 is 2.91 bits per heavy atom. The topological polar surface area (TPSA) is 81.9 Å². The van der Waals surface area contributed by atoms with Crippen LogP contribution in [0.3, 0.4) is 0 Å². The number of amides is 1. The van der Waals surface area contributed by atoms with Gasteiger partial charge in [-0.25, -0.2) is 0 Å². The van der Waals surface area contributed by atoms with Crippen molar-refractivity contribution in [3.05, 3.63) is 65.4 Å². The van der Waals surface area contributed by atoms with Crippen LogP contribution < -0.4 is 9.64 Å². The van der Waals surface area contributed by atoms with E-state index in [1.165, 1.54) is 0 Å². The quantitative estimate of drug-likeness (QED) is 0.566. The van der Waals surface area contributed by atoms with Crippen molar-refractivity contribution in [2.45, 2.75) is 39.4 Å². The molecule has 3 aromatic rings. The summed E-state index contributed by atoms with van der Waals surface area (Å²) in [6.45, 7) is 4.33. The normalized spacial score (nSPS) is 19.7. The fraction of sp³-hybridized carbons (Fsp3) is 0.320. The van der Waals surface area contributed by atoms with Crippen molar-refractivity contribution in [3.8, 4) is 17.1 Å². The molecular formula is C25H24N2O5. The third-order valence-corrected chi connectivity index (χ3v) is 5.87. The van der Waals surface area contributed by atoms with Gasteiger partial charge in [0.15, 0.2) is 5.76 Å². The van der Waals surface area contributed by atoms with Gasteiger partial charge in [-0.05, 0) is 55.3 Å². The predicted molar refractivity (Wildman–Crippen MR) is 117 cm³/mol. The summed E-state index contributed by atoms with van der Waals surface area (Å²) in [7, 11) is 0. The third kappa shape index (κ3) is 3.98. The minimum atomic E-state index is -0.493. The van der Waals surface area contributed by atoms with Gasteiger partial charge in [0.2, 0.25) is 5.91 Å². The zero-order valence-corrected chi connectivity index (χ0v) is 18.0. The van der Waals surface area contributed by atoms with E-state index in [0.717, 1.165) is 34.5 Å². The van der Waals surface area contributed by atoms with Crippen LogP contribution in [0.1, 0.15) is 30.2 Å². The Hall–Kier alpha value is -3.61. The Morgan fingerprint density at radius 1 is 1.19 bits per heavy atom. The lowest BCUT2D eigenvalue weighted by Gasteiger charge is -2.17. The standard InChI is InChI=1S/C25H24N2O5/c1-15-4-3-5-21(8-15)27-13-19(11-24(27)28)25(29)30-14-20-12-23(32-26-20)17-6-7-22-18(10-17)9-16(2)31-22/h3-8,10,12,16,19H,9,11,13-14H2,1-2H3. The average molecular weight is 432 g/mol. The maximum absolute atomic E-state index is 12.6. The van der Waals surface area contributed by atoms with Gasteiger partial charge in [-0.2, -0.15) is 0 Å². The molecule has 2 atom stereocenters. The summed E-state index contributed by atoms with van der Waals surface area (Å²) in [5.41, 5.74) is 4.44. The van der Waals surface area contributed by atoms with Crippen LogP contribution in [-0.2, 0) is 27.4 Å². The summed E-state index contributed by atoms with van der Waals surface area (Å²) >= 11 is 0. The molecule has 2 unspecified atom stereocenters. The second-order valence-corrected chi connectivity index (χ2v) is 8.49. The smallest absolute Gasteiger partial charge is 0.311 e. The first-order valence-electron chi connectivity index (χ1n) is 10.8. The third-order valence-electron chi connectivity index (χ3n) is 5.87. The number of hydrogen-bond acceptors (Lipinski definition) is 6. The number of esters is 1. The number of carbonyl (C=O) groups is 2. The second kappa shape index (κ2) is 8.15. The first kappa shape index (κ1) is 20.3. The Bertz CT molecular complexity index is 1180. The van der Waals surface area contributed by atoms with Crippen molar-refractivity contribution in [3.63, 3.8) is 0 Å². The molecule has 1 aromatic heterocycles. The lowest BCUT2D eigenvalue weighted by Crippen LogP contribution is -2.26. The molecule has 32 heavy (non-hydrogen) atoms. The van der Waals surface area contributed by atoms with E-state index in [9.17, 15) is 9.59 Å². The van der Waals surface area contributed by atoms with E-state index in [-0.39, 0.29) is 25.0 Å². The maximum Gasteiger partial charge on any atom is 0.311 e. The van der Waals surface area contributed by atoms with Gasteiger partial charge < -0.3 is 18.9 Å². The zero-order valence-electron chi connectivity index (χ0n) is 18.0. The number of benzene rings is 2. The highest BCUT2D eigenvalue weighted by Crippen LogP contribution is 2.33. The molecule has 1 amide bonds. The highest BCUT2D eigenvalue weighted by Gasteiger charge is 2.36. The molecule has 1 fully saturated rings. The molecule has 1 saturated heterocycles. The van der Waals surface area contributed by atoms with Crippen LogP contribution in [0.4, 0.5) is 5.69 Å². The van der Waals surface area contributed by atoms with Crippen molar-refractivity contribution in [2.75, 3.05) is 11.4 Å². The van der Waals surface area contributed by atoms with Crippen molar-refractivity contribution in [1.29, 1.82) is 0 Å². The van der Waals surface area contributed by atoms with Crippen LogP contribution in [0, 0.1) is 12.8 Å². The minimum Gasteiger partial charge on any atom is -0.490 e. The van der Waals surface area contributed by atoms with Crippen LogP contribution >= 0.6 is 0 Å². The number of aromatic nitrogens is 1. The van der Waals surface area contributed by atoms with Gasteiger partial charge in [0.05, 0.1) is 5.92 Å². The SMILES string of the molecule is Cc1cccc(N2CC(C(=O)OCc3cc(-c4ccc5c(c4)CC(C)O5)on3)CC2=O)c1. The van der Waals surface area contributed by atoms with Crippen molar-refractivity contribution in [2.24, 2.45) is 5.92 Å². The van der Waals surface area contributed by atoms with E-state index in [2.05, 4.69) is 5.16 Å². The number of hydrogen-bond donors (Lipinski definition) is 0. The van der Waals surface area contributed by atoms with Crippen LogP contribution in [0.2, 0.25) is 0 Å². The molecule has 0 radical (unpaired) electrons. The lowest BCUT2D eigenvalue weighted by atomic mass is 10.1. The Morgan fingerprint density at radius 2 is 2.06 bits per heavy atom. The van der Waals surface area contributed by atoms with Gasteiger partial charge in [-0.1, -0.05) is 17.3 Å². The summed E-state index contributed by atoms with van der Waals surface area (Å²) in [6, 6.07) is 15.4.